The van der Waals surface area contributed by atoms with Crippen molar-refractivity contribution in [2.45, 2.75) is 49.1 Å². The second-order valence-electron chi connectivity index (χ2n) is 7.24. The van der Waals surface area contributed by atoms with Gasteiger partial charge in [0.15, 0.2) is 9.92 Å². The molecule has 1 aliphatic rings. The number of carbonyl (C=O) groups excluding carboxylic acids is 1. The van der Waals surface area contributed by atoms with E-state index in [1.165, 1.54) is 13.8 Å². The summed E-state index contributed by atoms with van der Waals surface area (Å²) in [5, 5.41) is 27.2. The van der Waals surface area contributed by atoms with Gasteiger partial charge in [-0.3, -0.25) is 0 Å². The van der Waals surface area contributed by atoms with Gasteiger partial charge in [0.2, 0.25) is 0 Å². The summed E-state index contributed by atoms with van der Waals surface area (Å²) in [4.78, 5) is 20.0. The first-order valence-electron chi connectivity index (χ1n) is 9.01. The van der Waals surface area contributed by atoms with E-state index in [-0.39, 0.29) is 26.2 Å². The first kappa shape index (κ1) is 23.5. The number of halogens is 3. The number of hydrogen-bond acceptors (Lipinski definition) is 7. The van der Waals surface area contributed by atoms with Crippen LogP contribution in [0.15, 0.2) is 14.8 Å². The van der Waals surface area contributed by atoms with Gasteiger partial charge in [-0.15, -0.1) is 15.7 Å². The van der Waals surface area contributed by atoms with Crippen LogP contribution >= 0.6 is 11.3 Å². The molecule has 0 fully saturated rings. The molecule has 14 heteroatoms. The molecule has 1 aliphatic carbocycles. The van der Waals surface area contributed by atoms with E-state index in [4.69, 9.17) is 5.14 Å². The van der Waals surface area contributed by atoms with E-state index in [0.29, 0.717) is 36.2 Å². The average Bonchev–Trinajstić information content (AvgIpc) is 3.32. The summed E-state index contributed by atoms with van der Waals surface area (Å²) < 4.78 is 56.1. The van der Waals surface area contributed by atoms with Crippen LogP contribution in [0.3, 0.4) is 0 Å². The van der Waals surface area contributed by atoms with E-state index in [9.17, 15) is 32.4 Å². The molecule has 0 bridgehead atoms. The number of nitrogens with zero attached hydrogens (tertiary/aromatic N) is 3. The van der Waals surface area contributed by atoms with Crippen LogP contribution in [0.1, 0.15) is 40.9 Å². The lowest BCUT2D eigenvalue weighted by Crippen LogP contribution is -2.25. The Balaban J connectivity index is 1.96. The maximum Gasteiger partial charge on any atom is 0.433 e. The number of aromatic nitrogens is 2. The number of pyridine rings is 1. The number of hydrogen-bond donors (Lipinski definition) is 4. The van der Waals surface area contributed by atoms with E-state index >= 15 is 0 Å². The first-order valence-corrected chi connectivity index (χ1v) is 11.4. The number of alkyl halides is 3. The Bertz CT molecular complexity index is 1150. The van der Waals surface area contributed by atoms with Crippen molar-refractivity contribution >= 4 is 33.0 Å². The summed E-state index contributed by atoms with van der Waals surface area (Å²) in [6.07, 6.45) is -2.28. The Morgan fingerprint density at radius 1 is 1.42 bits per heavy atom. The number of rotatable bonds is 4. The third-order valence-electron chi connectivity index (χ3n) is 4.73. The molecule has 2 aromatic heterocycles. The lowest BCUT2D eigenvalue weighted by molar-refractivity contribution is -0.141. The Labute approximate surface area is 179 Å². The number of nitrogens with two attached hydrogens (primary N) is 1. The van der Waals surface area contributed by atoms with Crippen molar-refractivity contribution in [2.24, 2.45) is 9.50 Å². The second kappa shape index (κ2) is 8.09. The van der Waals surface area contributed by atoms with Crippen LogP contribution in [0.5, 0.6) is 0 Å². The molecule has 2 aromatic rings. The van der Waals surface area contributed by atoms with Crippen molar-refractivity contribution < 1.29 is 32.4 Å². The van der Waals surface area contributed by atoms with E-state index in [1.54, 1.807) is 0 Å². The van der Waals surface area contributed by atoms with Crippen LogP contribution in [0.2, 0.25) is 0 Å². The molecule has 31 heavy (non-hydrogen) atoms. The molecule has 0 aliphatic heterocycles. The van der Waals surface area contributed by atoms with Crippen LogP contribution in [0, 0.1) is 6.92 Å². The minimum absolute atomic E-state index is 0.0106. The third kappa shape index (κ3) is 4.72. The number of aryl methyl sites for hydroxylation is 1. The van der Waals surface area contributed by atoms with Crippen molar-refractivity contribution in [3.63, 3.8) is 0 Å². The van der Waals surface area contributed by atoms with Crippen LogP contribution in [0.4, 0.5) is 23.7 Å². The number of aliphatic hydroxyl groups is 2. The molecule has 2 heterocycles. The second-order valence-corrected chi connectivity index (χ2v) is 10.3. The van der Waals surface area contributed by atoms with Crippen molar-refractivity contribution in [2.75, 3.05) is 11.9 Å². The summed E-state index contributed by atoms with van der Waals surface area (Å²) in [6, 6.07) is -1.19. The van der Waals surface area contributed by atoms with Crippen LogP contribution in [-0.4, -0.2) is 37.0 Å². The summed E-state index contributed by atoms with van der Waals surface area (Å²) in [5.41, 5.74) is -2.40. The molecule has 2 amide bonds. The highest BCUT2D eigenvalue weighted by molar-refractivity contribution is 7.93. The fourth-order valence-corrected chi connectivity index (χ4v) is 5.24. The predicted molar refractivity (Wildman–Crippen MR) is 107 cm³/mol. The first-order chi connectivity index (χ1) is 14.3. The van der Waals surface area contributed by atoms with Gasteiger partial charge < -0.3 is 15.5 Å². The smallest absolute Gasteiger partial charge is 0.393 e. The van der Waals surface area contributed by atoms with Gasteiger partial charge in [0, 0.05) is 11.3 Å². The van der Waals surface area contributed by atoms with Gasteiger partial charge in [0.05, 0.1) is 18.5 Å². The maximum absolute atomic E-state index is 13.3. The summed E-state index contributed by atoms with van der Waals surface area (Å²) in [6.45, 7) is 1.82. The van der Waals surface area contributed by atoms with E-state index in [2.05, 4.69) is 19.6 Å². The third-order valence-corrected chi connectivity index (χ3v) is 7.86. The molecule has 0 spiro atoms. The number of thiazole rings is 1. The maximum atomic E-state index is 13.3. The van der Waals surface area contributed by atoms with Gasteiger partial charge in [-0.2, -0.15) is 13.2 Å². The molecule has 0 radical (unpaired) electrons. The van der Waals surface area contributed by atoms with E-state index in [1.807, 2.05) is 0 Å². The van der Waals surface area contributed by atoms with Crippen molar-refractivity contribution in [1.29, 1.82) is 0 Å². The number of nitrogens with one attached hydrogen (secondary N) is 1. The van der Waals surface area contributed by atoms with Gasteiger partial charge in [0.1, 0.15) is 20.5 Å². The highest BCUT2D eigenvalue weighted by Crippen LogP contribution is 2.39. The fourth-order valence-electron chi connectivity index (χ4n) is 3.14. The molecule has 3 rings (SSSR count). The molecule has 0 saturated carbocycles. The minimum atomic E-state index is -4.71. The number of anilines is 1. The van der Waals surface area contributed by atoms with E-state index < -0.39 is 40.0 Å². The Morgan fingerprint density at radius 2 is 2.10 bits per heavy atom. The van der Waals surface area contributed by atoms with Crippen LogP contribution < -0.4 is 10.5 Å². The molecular formula is C17H20F3N5O4S2. The van der Waals surface area contributed by atoms with Gasteiger partial charge >= 0.3 is 12.2 Å². The van der Waals surface area contributed by atoms with E-state index in [0.717, 1.165) is 6.20 Å². The number of aliphatic hydroxyl groups excluding tert-OH is 1. The quantitative estimate of drug-likeness (QED) is 0.529. The van der Waals surface area contributed by atoms with Gasteiger partial charge in [0.25, 0.3) is 0 Å². The van der Waals surface area contributed by atoms with Crippen molar-refractivity contribution in [1.82, 2.24) is 9.97 Å². The molecule has 2 atom stereocenters. The topological polar surface area (TPSA) is 151 Å². The van der Waals surface area contributed by atoms with Crippen LogP contribution in [0.25, 0.3) is 0 Å². The van der Waals surface area contributed by atoms with Crippen molar-refractivity contribution in [3.05, 3.63) is 33.7 Å². The lowest BCUT2D eigenvalue weighted by Gasteiger charge is -2.17. The molecule has 0 aromatic carbocycles. The van der Waals surface area contributed by atoms with Crippen LogP contribution in [-0.2, 0) is 34.5 Å². The molecule has 9 nitrogen and oxygen atoms in total. The summed E-state index contributed by atoms with van der Waals surface area (Å²) in [7, 11) is -3.80. The fraction of sp³-hybridized carbons (Fsp3) is 0.471. The zero-order valence-corrected chi connectivity index (χ0v) is 18.1. The number of carbonyl (C=O) groups is 1. The minimum Gasteiger partial charge on any atom is -0.393 e. The normalized spacial score (nSPS) is 17.5. The summed E-state index contributed by atoms with van der Waals surface area (Å²) >= 11 is 0.695. The highest BCUT2D eigenvalue weighted by Gasteiger charge is 2.38. The number of fused-ring (bicyclic) bond motifs is 1. The Kier molecular flexibility index (Phi) is 6.14. The Morgan fingerprint density at radius 3 is 2.71 bits per heavy atom. The number of urea groups is 1. The average molecular weight is 480 g/mol. The molecule has 5 N–H and O–H groups in total. The molecule has 1 unspecified atom stereocenters. The zero-order chi connectivity index (χ0) is 23.2. The number of amides is 2. The SMILES string of the molecule is Cc1c(C(F)(F)F)nc2c(c1NC(=O)N=S(N)(=O)c1cnc([C@@](C)(O)CO)s1)CCC2. The highest BCUT2D eigenvalue weighted by atomic mass is 32.2. The largest absolute Gasteiger partial charge is 0.433 e. The zero-order valence-electron chi connectivity index (χ0n) is 16.5. The molecular weight excluding hydrogens is 459 g/mol. The predicted octanol–water partition coefficient (Wildman–Crippen LogP) is 2.49. The molecule has 170 valence electrons. The van der Waals surface area contributed by atoms with Gasteiger partial charge in [-0.05, 0) is 38.7 Å². The van der Waals surface area contributed by atoms with Gasteiger partial charge in [-0.1, -0.05) is 0 Å². The van der Waals surface area contributed by atoms with Crippen molar-refractivity contribution in [3.8, 4) is 0 Å². The summed E-state index contributed by atoms with van der Waals surface area (Å²) in [5.74, 6) is 0. The Hall–Kier alpha value is -2.13. The van der Waals surface area contributed by atoms with Gasteiger partial charge in [-0.25, -0.2) is 24.1 Å². The molecule has 0 saturated heterocycles. The lowest BCUT2D eigenvalue weighted by atomic mass is 10.1. The monoisotopic (exact) mass is 479 g/mol. The standard InChI is InChI=1S/C17H20F3N5O4S2/c1-8-12(9-4-3-5-10(9)23-13(8)17(18,19)20)24-15(27)25-31(21,29)11-6-22-14(30-11)16(2,28)7-26/h6,26,28H,3-5,7H2,1-2H3,(H3,21,23,24,25,27,29)/t16-,31?/m0/s1.